The van der Waals surface area contributed by atoms with E-state index in [-0.39, 0.29) is 23.4 Å². The molecule has 1 atom stereocenters. The van der Waals surface area contributed by atoms with Crippen LogP contribution in [-0.4, -0.2) is 39.2 Å². The zero-order valence-corrected chi connectivity index (χ0v) is 21.0. The Labute approximate surface area is 212 Å². The van der Waals surface area contributed by atoms with Gasteiger partial charge in [-0.2, -0.15) is 18.3 Å². The molecule has 36 heavy (non-hydrogen) atoms. The van der Waals surface area contributed by atoms with Crippen LogP contribution in [0.1, 0.15) is 63.0 Å². The summed E-state index contributed by atoms with van der Waals surface area (Å²) in [6, 6.07) is 5.15. The van der Waals surface area contributed by atoms with Crippen LogP contribution < -0.4 is 4.74 Å². The monoisotopic (exact) mass is 518 g/mol. The number of fused-ring (bicyclic) bond motifs is 2. The molecule has 0 N–H and O–H groups in total. The Morgan fingerprint density at radius 2 is 1.92 bits per heavy atom. The topological polar surface area (TPSA) is 60.2 Å². The van der Waals surface area contributed by atoms with Gasteiger partial charge in [-0.25, -0.2) is 0 Å². The van der Waals surface area contributed by atoms with Crippen molar-refractivity contribution in [2.45, 2.75) is 50.7 Å². The summed E-state index contributed by atoms with van der Waals surface area (Å²) in [5.74, 6) is 0.537. The Kier molecular flexibility index (Phi) is 6.22. The summed E-state index contributed by atoms with van der Waals surface area (Å²) < 4.78 is 48.0. The van der Waals surface area contributed by atoms with Gasteiger partial charge in [-0.05, 0) is 73.1 Å². The van der Waals surface area contributed by atoms with Crippen LogP contribution in [0.3, 0.4) is 0 Å². The second-order valence-electron chi connectivity index (χ2n) is 9.33. The summed E-state index contributed by atoms with van der Waals surface area (Å²) in [5.41, 5.74) is 3.67. The van der Waals surface area contributed by atoms with Crippen molar-refractivity contribution in [2.24, 2.45) is 7.05 Å². The van der Waals surface area contributed by atoms with Gasteiger partial charge in [0, 0.05) is 42.5 Å². The molecule has 1 amide bonds. The fraction of sp³-hybridized carbons (Fsp3) is 0.423. The predicted octanol–water partition coefficient (Wildman–Crippen LogP) is 5.63. The lowest BCUT2D eigenvalue weighted by atomic mass is 9.85. The van der Waals surface area contributed by atoms with E-state index in [1.807, 2.05) is 17.9 Å². The molecule has 2 aliphatic rings. The number of hydrogen-bond acceptors (Lipinski definition) is 4. The summed E-state index contributed by atoms with van der Waals surface area (Å²) in [4.78, 5) is 20.4. The number of methoxy groups -OCH3 is 1. The lowest BCUT2D eigenvalue weighted by Crippen LogP contribution is -2.42. The van der Waals surface area contributed by atoms with E-state index in [1.54, 1.807) is 19.2 Å². The predicted molar refractivity (Wildman–Crippen MR) is 129 cm³/mol. The molecule has 0 fully saturated rings. The standard InChI is InChI=1S/C26H26ClF3N4O2/c1-14-23(36-3)11-19-21(31-14)5-4-6-22(19)34-8-7-16-17(9-15(12-27)10-18(16)25(34)35)20-13-33(2)32-24(20)26(28,29)30/h9-11,13,22H,4-8,12H2,1-3H3. The number of aryl methyl sites for hydroxylation is 3. The number of carbonyl (C=O) groups excluding carboxylic acids is 1. The average Bonchev–Trinajstić information content (AvgIpc) is 3.25. The van der Waals surface area contributed by atoms with E-state index in [2.05, 4.69) is 5.10 Å². The summed E-state index contributed by atoms with van der Waals surface area (Å²) in [7, 11) is 3.05. The van der Waals surface area contributed by atoms with E-state index in [9.17, 15) is 18.0 Å². The molecule has 1 unspecified atom stereocenters. The molecule has 1 aliphatic heterocycles. The highest BCUT2D eigenvalue weighted by molar-refractivity contribution is 6.17. The van der Waals surface area contributed by atoms with Gasteiger partial charge in [0.05, 0.1) is 18.8 Å². The van der Waals surface area contributed by atoms with E-state index in [4.69, 9.17) is 21.3 Å². The first kappa shape index (κ1) is 24.6. The zero-order valence-electron chi connectivity index (χ0n) is 20.2. The zero-order chi connectivity index (χ0) is 25.8. The maximum atomic E-state index is 13.9. The molecule has 0 saturated carbocycles. The van der Waals surface area contributed by atoms with Crippen LogP contribution in [0, 0.1) is 6.92 Å². The molecule has 3 aromatic rings. The van der Waals surface area contributed by atoms with E-state index in [1.165, 1.54) is 13.2 Å². The lowest BCUT2D eigenvalue weighted by molar-refractivity contribution is -0.140. The first-order valence-electron chi connectivity index (χ1n) is 11.8. The Bertz CT molecular complexity index is 1350. The quantitative estimate of drug-likeness (QED) is 0.420. The first-order valence-corrected chi connectivity index (χ1v) is 12.3. The van der Waals surface area contributed by atoms with Gasteiger partial charge < -0.3 is 9.64 Å². The normalized spacial score (nSPS) is 17.7. The number of hydrogen-bond donors (Lipinski definition) is 0. The minimum atomic E-state index is -4.62. The molecule has 10 heteroatoms. The fourth-order valence-electron chi connectivity index (χ4n) is 5.48. The summed E-state index contributed by atoms with van der Waals surface area (Å²) in [6.45, 7) is 2.29. The lowest BCUT2D eigenvalue weighted by Gasteiger charge is -2.39. The van der Waals surface area contributed by atoms with Crippen LogP contribution in [0.2, 0.25) is 0 Å². The number of benzene rings is 1. The number of carbonyl (C=O) groups is 1. The molecule has 3 heterocycles. The number of aromatic nitrogens is 3. The third kappa shape index (κ3) is 4.13. The Hall–Kier alpha value is -3.07. The molecular formula is C26H26ClF3N4O2. The third-order valence-corrected chi connectivity index (χ3v) is 7.38. The number of amides is 1. The number of halogens is 4. The fourth-order valence-corrected chi connectivity index (χ4v) is 5.63. The van der Waals surface area contributed by atoms with Gasteiger partial charge in [-0.1, -0.05) is 0 Å². The second-order valence-corrected chi connectivity index (χ2v) is 9.60. The van der Waals surface area contributed by atoms with Crippen LogP contribution >= 0.6 is 11.6 Å². The van der Waals surface area contributed by atoms with Crippen LogP contribution in [-0.2, 0) is 31.9 Å². The molecule has 0 bridgehead atoms. The van der Waals surface area contributed by atoms with Crippen molar-refractivity contribution in [2.75, 3.05) is 13.7 Å². The SMILES string of the molecule is COc1cc2c(nc1C)CCCC2N1CCc2c(cc(CCl)cc2-c2cn(C)nc2C(F)(F)F)C1=O. The van der Waals surface area contributed by atoms with Crippen LogP contribution in [0.4, 0.5) is 13.2 Å². The highest BCUT2D eigenvalue weighted by Gasteiger charge is 2.40. The van der Waals surface area contributed by atoms with Crippen molar-refractivity contribution < 1.29 is 22.7 Å². The van der Waals surface area contributed by atoms with Gasteiger partial charge in [-0.15, -0.1) is 11.6 Å². The van der Waals surface area contributed by atoms with Crippen molar-refractivity contribution in [3.05, 3.63) is 63.7 Å². The first-order chi connectivity index (χ1) is 17.1. The molecule has 5 rings (SSSR count). The van der Waals surface area contributed by atoms with Gasteiger partial charge in [0.15, 0.2) is 5.69 Å². The van der Waals surface area contributed by atoms with Crippen molar-refractivity contribution in [3.63, 3.8) is 0 Å². The van der Waals surface area contributed by atoms with Crippen molar-refractivity contribution in [3.8, 4) is 16.9 Å². The highest BCUT2D eigenvalue weighted by atomic mass is 35.5. The van der Waals surface area contributed by atoms with Gasteiger partial charge in [0.2, 0.25) is 0 Å². The number of alkyl halides is 4. The summed E-state index contributed by atoms with van der Waals surface area (Å²) >= 11 is 6.12. The van der Waals surface area contributed by atoms with E-state index in [0.717, 1.165) is 40.9 Å². The molecule has 0 radical (unpaired) electrons. The molecule has 1 aromatic carbocycles. The molecule has 6 nitrogen and oxygen atoms in total. The molecule has 2 aromatic heterocycles. The number of pyridine rings is 1. The molecule has 0 spiro atoms. The van der Waals surface area contributed by atoms with Gasteiger partial charge in [0.25, 0.3) is 5.91 Å². The van der Waals surface area contributed by atoms with E-state index in [0.29, 0.717) is 41.0 Å². The van der Waals surface area contributed by atoms with Crippen molar-refractivity contribution >= 4 is 17.5 Å². The van der Waals surface area contributed by atoms with Crippen molar-refractivity contribution in [1.29, 1.82) is 0 Å². The average molecular weight is 519 g/mol. The molecule has 0 saturated heterocycles. The number of nitrogens with zero attached hydrogens (tertiary/aromatic N) is 4. The maximum Gasteiger partial charge on any atom is 0.435 e. The summed E-state index contributed by atoms with van der Waals surface area (Å²) in [5, 5.41) is 3.66. The Morgan fingerprint density at radius 3 is 2.61 bits per heavy atom. The minimum absolute atomic E-state index is 0.0399. The number of ether oxygens (including phenoxy) is 1. The van der Waals surface area contributed by atoms with Crippen LogP contribution in [0.15, 0.2) is 24.4 Å². The highest BCUT2D eigenvalue weighted by Crippen LogP contribution is 2.43. The largest absolute Gasteiger partial charge is 0.495 e. The Morgan fingerprint density at radius 1 is 1.17 bits per heavy atom. The van der Waals surface area contributed by atoms with Crippen LogP contribution in [0.25, 0.3) is 11.1 Å². The van der Waals surface area contributed by atoms with Crippen molar-refractivity contribution in [1.82, 2.24) is 19.7 Å². The molecular weight excluding hydrogens is 493 g/mol. The minimum Gasteiger partial charge on any atom is -0.495 e. The van der Waals surface area contributed by atoms with Gasteiger partial charge in [0.1, 0.15) is 5.75 Å². The van der Waals surface area contributed by atoms with Crippen LogP contribution in [0.5, 0.6) is 5.75 Å². The molecule has 190 valence electrons. The maximum absolute atomic E-state index is 13.9. The van der Waals surface area contributed by atoms with Gasteiger partial charge in [-0.3, -0.25) is 14.5 Å². The molecule has 1 aliphatic carbocycles. The smallest absolute Gasteiger partial charge is 0.435 e. The number of rotatable bonds is 4. The second kappa shape index (κ2) is 9.10. The van der Waals surface area contributed by atoms with E-state index < -0.39 is 11.9 Å². The van der Waals surface area contributed by atoms with E-state index >= 15 is 0 Å². The Balaban J connectivity index is 1.60. The summed E-state index contributed by atoms with van der Waals surface area (Å²) in [6.07, 6.45) is -0.341. The third-order valence-electron chi connectivity index (χ3n) is 7.07. The van der Waals surface area contributed by atoms with Gasteiger partial charge >= 0.3 is 6.18 Å².